The van der Waals surface area contributed by atoms with Crippen molar-refractivity contribution in [2.75, 3.05) is 0 Å². The molecule has 0 spiro atoms. The molecular formula is C12H14N2O3. The molecule has 0 radical (unpaired) electrons. The lowest BCUT2D eigenvalue weighted by Gasteiger charge is -2.09. The first-order valence-electron chi connectivity index (χ1n) is 5.37. The molecule has 0 aliphatic rings. The van der Waals surface area contributed by atoms with Gasteiger partial charge in [0.1, 0.15) is 17.3 Å². The van der Waals surface area contributed by atoms with Gasteiger partial charge in [-0.3, -0.25) is 4.79 Å². The summed E-state index contributed by atoms with van der Waals surface area (Å²) in [5, 5.41) is 6.43. The summed E-state index contributed by atoms with van der Waals surface area (Å²) in [6, 6.07) is 5.09. The second-order valence-corrected chi connectivity index (χ2v) is 3.97. The Bertz CT molecular complexity index is 527. The Morgan fingerprint density at radius 2 is 2.12 bits per heavy atom. The largest absolute Gasteiger partial charge is 0.464 e. The quantitative estimate of drug-likeness (QED) is 0.885. The predicted octanol–water partition coefficient (Wildman–Crippen LogP) is 2.38. The molecule has 1 atom stereocenters. The van der Waals surface area contributed by atoms with E-state index in [0.717, 1.165) is 11.5 Å². The van der Waals surface area contributed by atoms with E-state index in [1.165, 1.54) is 0 Å². The number of aryl methyl sites for hydroxylation is 2. The molecule has 0 aromatic carbocycles. The summed E-state index contributed by atoms with van der Waals surface area (Å²) in [4.78, 5) is 11.8. The second kappa shape index (κ2) is 4.45. The predicted molar refractivity (Wildman–Crippen MR) is 60.6 cm³/mol. The zero-order chi connectivity index (χ0) is 12.4. The van der Waals surface area contributed by atoms with Crippen LogP contribution in [0.15, 0.2) is 27.1 Å². The molecule has 2 heterocycles. The van der Waals surface area contributed by atoms with Gasteiger partial charge in [-0.25, -0.2) is 0 Å². The summed E-state index contributed by atoms with van der Waals surface area (Å²) >= 11 is 0. The minimum atomic E-state index is -0.275. The average Bonchev–Trinajstić information content (AvgIpc) is 2.87. The van der Waals surface area contributed by atoms with Crippen molar-refractivity contribution in [3.05, 3.63) is 41.2 Å². The molecule has 5 heteroatoms. The number of hydrogen-bond donors (Lipinski definition) is 1. The van der Waals surface area contributed by atoms with Crippen LogP contribution in [0.1, 0.15) is 40.7 Å². The SMILES string of the molecule is Cc1cc(C(=O)N[C@H](C)c2ccc(C)o2)no1. The van der Waals surface area contributed by atoms with Gasteiger partial charge in [-0.05, 0) is 32.9 Å². The molecule has 90 valence electrons. The van der Waals surface area contributed by atoms with Gasteiger partial charge in [0.2, 0.25) is 0 Å². The maximum Gasteiger partial charge on any atom is 0.274 e. The van der Waals surface area contributed by atoms with Gasteiger partial charge >= 0.3 is 0 Å². The zero-order valence-corrected chi connectivity index (χ0v) is 9.98. The van der Waals surface area contributed by atoms with Crippen molar-refractivity contribution in [1.29, 1.82) is 0 Å². The van der Waals surface area contributed by atoms with Gasteiger partial charge < -0.3 is 14.3 Å². The van der Waals surface area contributed by atoms with Crippen LogP contribution in [-0.2, 0) is 0 Å². The first kappa shape index (κ1) is 11.4. The number of aromatic nitrogens is 1. The topological polar surface area (TPSA) is 68.3 Å². The second-order valence-electron chi connectivity index (χ2n) is 3.97. The van der Waals surface area contributed by atoms with Crippen LogP contribution in [0.2, 0.25) is 0 Å². The number of rotatable bonds is 3. The van der Waals surface area contributed by atoms with Crippen LogP contribution in [0.25, 0.3) is 0 Å². The molecule has 0 fully saturated rings. The Balaban J connectivity index is 2.04. The summed E-state index contributed by atoms with van der Waals surface area (Å²) < 4.78 is 10.3. The standard InChI is InChI=1S/C12H14N2O3/c1-7-4-5-11(16-7)9(3)13-12(15)10-6-8(2)17-14-10/h4-6,9H,1-3H3,(H,13,15)/t9-/m1/s1. The van der Waals surface area contributed by atoms with E-state index in [0.29, 0.717) is 5.76 Å². The van der Waals surface area contributed by atoms with E-state index in [9.17, 15) is 4.79 Å². The molecule has 2 rings (SSSR count). The maximum atomic E-state index is 11.8. The van der Waals surface area contributed by atoms with Crippen LogP contribution in [0, 0.1) is 13.8 Å². The van der Waals surface area contributed by atoms with Crippen LogP contribution < -0.4 is 5.32 Å². The van der Waals surface area contributed by atoms with Gasteiger partial charge in [0.05, 0.1) is 6.04 Å². The summed E-state index contributed by atoms with van der Waals surface area (Å²) in [5.41, 5.74) is 0.276. The third kappa shape index (κ3) is 2.55. The van der Waals surface area contributed by atoms with E-state index in [4.69, 9.17) is 8.94 Å². The molecule has 0 saturated carbocycles. The fourth-order valence-electron chi connectivity index (χ4n) is 1.50. The number of nitrogens with zero attached hydrogens (tertiary/aromatic N) is 1. The Kier molecular flexibility index (Phi) is 2.99. The van der Waals surface area contributed by atoms with Crippen molar-refractivity contribution in [3.8, 4) is 0 Å². The highest BCUT2D eigenvalue weighted by atomic mass is 16.5. The Morgan fingerprint density at radius 1 is 1.35 bits per heavy atom. The van der Waals surface area contributed by atoms with Crippen LogP contribution in [0.4, 0.5) is 0 Å². The van der Waals surface area contributed by atoms with Crippen LogP contribution in [0.5, 0.6) is 0 Å². The number of hydrogen-bond acceptors (Lipinski definition) is 4. The molecule has 0 saturated heterocycles. The summed E-state index contributed by atoms with van der Waals surface area (Å²) in [6.45, 7) is 5.45. The molecule has 0 unspecified atom stereocenters. The van der Waals surface area contributed by atoms with E-state index in [2.05, 4.69) is 10.5 Å². The summed E-state index contributed by atoms with van der Waals surface area (Å²) in [7, 11) is 0. The lowest BCUT2D eigenvalue weighted by Crippen LogP contribution is -2.26. The van der Waals surface area contributed by atoms with Gasteiger partial charge in [-0.1, -0.05) is 5.16 Å². The van der Waals surface area contributed by atoms with E-state index >= 15 is 0 Å². The fourth-order valence-corrected chi connectivity index (χ4v) is 1.50. The van der Waals surface area contributed by atoms with Gasteiger partial charge in [0.25, 0.3) is 5.91 Å². The fraction of sp³-hybridized carbons (Fsp3) is 0.333. The minimum Gasteiger partial charge on any atom is -0.464 e. The lowest BCUT2D eigenvalue weighted by atomic mass is 10.2. The molecule has 1 amide bonds. The maximum absolute atomic E-state index is 11.8. The van der Waals surface area contributed by atoms with Gasteiger partial charge in [-0.2, -0.15) is 0 Å². The third-order valence-corrected chi connectivity index (χ3v) is 2.40. The van der Waals surface area contributed by atoms with Crippen molar-refractivity contribution in [2.24, 2.45) is 0 Å². The van der Waals surface area contributed by atoms with Crippen LogP contribution in [-0.4, -0.2) is 11.1 Å². The van der Waals surface area contributed by atoms with Crippen molar-refractivity contribution in [1.82, 2.24) is 10.5 Å². The van der Waals surface area contributed by atoms with E-state index in [1.807, 2.05) is 26.0 Å². The molecular weight excluding hydrogens is 220 g/mol. The highest BCUT2D eigenvalue weighted by molar-refractivity contribution is 5.92. The molecule has 0 aliphatic heterocycles. The number of carbonyl (C=O) groups excluding carboxylic acids is 1. The molecule has 5 nitrogen and oxygen atoms in total. The van der Waals surface area contributed by atoms with E-state index < -0.39 is 0 Å². The Labute approximate surface area is 98.8 Å². The summed E-state index contributed by atoms with van der Waals surface area (Å²) in [5.74, 6) is 1.87. The average molecular weight is 234 g/mol. The molecule has 2 aromatic heterocycles. The Morgan fingerprint density at radius 3 is 2.65 bits per heavy atom. The molecule has 1 N–H and O–H groups in total. The van der Waals surface area contributed by atoms with Crippen LogP contribution >= 0.6 is 0 Å². The number of furan rings is 1. The lowest BCUT2D eigenvalue weighted by molar-refractivity contribution is 0.0926. The first-order valence-corrected chi connectivity index (χ1v) is 5.37. The van der Waals surface area contributed by atoms with Crippen molar-refractivity contribution < 1.29 is 13.7 Å². The Hall–Kier alpha value is -2.04. The highest BCUT2D eigenvalue weighted by Crippen LogP contribution is 2.16. The minimum absolute atomic E-state index is 0.201. The molecule has 2 aromatic rings. The van der Waals surface area contributed by atoms with Gasteiger partial charge in [0, 0.05) is 6.07 Å². The number of nitrogens with one attached hydrogen (secondary N) is 1. The van der Waals surface area contributed by atoms with Crippen molar-refractivity contribution in [2.45, 2.75) is 26.8 Å². The number of carbonyl (C=O) groups is 1. The van der Waals surface area contributed by atoms with Crippen LogP contribution in [0.3, 0.4) is 0 Å². The smallest absolute Gasteiger partial charge is 0.274 e. The van der Waals surface area contributed by atoms with E-state index in [-0.39, 0.29) is 17.6 Å². The molecule has 17 heavy (non-hydrogen) atoms. The third-order valence-electron chi connectivity index (χ3n) is 2.40. The normalized spacial score (nSPS) is 12.4. The monoisotopic (exact) mass is 234 g/mol. The first-order chi connectivity index (χ1) is 8.06. The highest BCUT2D eigenvalue weighted by Gasteiger charge is 2.16. The van der Waals surface area contributed by atoms with Gasteiger partial charge in [-0.15, -0.1) is 0 Å². The zero-order valence-electron chi connectivity index (χ0n) is 9.98. The van der Waals surface area contributed by atoms with Crippen molar-refractivity contribution in [3.63, 3.8) is 0 Å². The van der Waals surface area contributed by atoms with Crippen molar-refractivity contribution >= 4 is 5.91 Å². The van der Waals surface area contributed by atoms with E-state index in [1.54, 1.807) is 13.0 Å². The number of amides is 1. The molecule has 0 aliphatic carbocycles. The molecule has 0 bridgehead atoms. The van der Waals surface area contributed by atoms with Gasteiger partial charge in [0.15, 0.2) is 5.69 Å². The summed E-state index contributed by atoms with van der Waals surface area (Å²) in [6.07, 6.45) is 0.